The zero-order valence-corrected chi connectivity index (χ0v) is 15.3. The van der Waals surface area contributed by atoms with E-state index in [1.54, 1.807) is 36.5 Å². The lowest BCUT2D eigenvalue weighted by Crippen LogP contribution is -2.18. The number of benzene rings is 1. The van der Waals surface area contributed by atoms with Crippen LogP contribution < -0.4 is 4.80 Å². The summed E-state index contributed by atoms with van der Waals surface area (Å²) in [4.78, 5) is 21.8. The number of thiazole rings is 1. The summed E-state index contributed by atoms with van der Waals surface area (Å²) < 4.78 is 15.7. The van der Waals surface area contributed by atoms with Crippen LogP contribution in [0.4, 0.5) is 10.1 Å². The van der Waals surface area contributed by atoms with E-state index in [2.05, 4.69) is 9.98 Å². The van der Waals surface area contributed by atoms with Crippen molar-refractivity contribution < 1.29 is 14.3 Å². The van der Waals surface area contributed by atoms with Gasteiger partial charge in [-0.3, -0.25) is 9.78 Å². The minimum Gasteiger partial charge on any atom is -0.395 e. The van der Waals surface area contributed by atoms with Crippen molar-refractivity contribution in [1.29, 1.82) is 0 Å². The first kappa shape index (κ1) is 18.2. The lowest BCUT2D eigenvalue weighted by atomic mass is 10.1. The Kier molecular flexibility index (Phi) is 5.39. The van der Waals surface area contributed by atoms with Gasteiger partial charge in [-0.1, -0.05) is 23.5 Å². The highest BCUT2D eigenvalue weighted by molar-refractivity contribution is 7.11. The number of carbonyl (C=O) groups excluding carboxylic acids is 1. The molecule has 0 radical (unpaired) electrons. The molecule has 5 nitrogen and oxygen atoms in total. The Hall–Kier alpha value is -2.64. The maximum atomic E-state index is 13.9. The predicted octanol–water partition coefficient (Wildman–Crippen LogP) is 3.49. The minimum atomic E-state index is -0.328. The smallest absolute Gasteiger partial charge is 0.190 e. The second-order valence-electron chi connectivity index (χ2n) is 5.72. The highest BCUT2D eigenvalue weighted by Crippen LogP contribution is 2.22. The van der Waals surface area contributed by atoms with Crippen molar-refractivity contribution in [1.82, 2.24) is 9.55 Å². The van der Waals surface area contributed by atoms with Gasteiger partial charge >= 0.3 is 0 Å². The van der Waals surface area contributed by atoms with E-state index in [0.29, 0.717) is 33.2 Å². The van der Waals surface area contributed by atoms with Gasteiger partial charge in [0.1, 0.15) is 5.82 Å². The standard InChI is InChI=1S/C19H18FN3O2S/c1-12-18(13(2)25)26-19(23(12)9-10-24)22-14-7-8-17(21-11-14)15-5-3-4-6-16(15)20/h3-8,11,24H,9-10H2,1-2H3. The molecule has 0 aliphatic carbocycles. The summed E-state index contributed by atoms with van der Waals surface area (Å²) >= 11 is 1.28. The molecular formula is C19H18FN3O2S. The molecule has 0 saturated heterocycles. The number of hydrogen-bond acceptors (Lipinski definition) is 5. The quantitative estimate of drug-likeness (QED) is 0.698. The number of nitrogens with zero attached hydrogens (tertiary/aromatic N) is 3. The van der Waals surface area contributed by atoms with Crippen LogP contribution >= 0.6 is 11.3 Å². The molecule has 3 rings (SSSR count). The fourth-order valence-electron chi connectivity index (χ4n) is 2.65. The first-order chi connectivity index (χ1) is 12.5. The van der Waals surface area contributed by atoms with Gasteiger partial charge in [-0.15, -0.1) is 0 Å². The van der Waals surface area contributed by atoms with Crippen molar-refractivity contribution in [3.8, 4) is 11.3 Å². The Bertz CT molecular complexity index is 1010. The largest absolute Gasteiger partial charge is 0.395 e. The number of aliphatic hydroxyl groups excluding tert-OH is 1. The molecule has 0 aliphatic heterocycles. The van der Waals surface area contributed by atoms with E-state index in [1.807, 2.05) is 11.5 Å². The molecule has 0 unspecified atom stereocenters. The van der Waals surface area contributed by atoms with Crippen molar-refractivity contribution in [3.05, 3.63) is 63.8 Å². The maximum Gasteiger partial charge on any atom is 0.190 e. The summed E-state index contributed by atoms with van der Waals surface area (Å²) in [6.07, 6.45) is 1.56. The molecule has 2 heterocycles. The fraction of sp³-hybridized carbons (Fsp3) is 0.211. The van der Waals surface area contributed by atoms with Crippen molar-refractivity contribution >= 4 is 22.8 Å². The average molecular weight is 371 g/mol. The molecule has 0 spiro atoms. The number of halogens is 1. The van der Waals surface area contributed by atoms with Gasteiger partial charge in [0.15, 0.2) is 10.6 Å². The topological polar surface area (TPSA) is 67.5 Å². The number of aromatic nitrogens is 2. The number of ketones is 1. The molecule has 1 N–H and O–H groups in total. The number of aliphatic hydroxyl groups is 1. The third-order valence-corrected chi connectivity index (χ3v) is 5.20. The molecule has 0 aliphatic rings. The molecule has 0 atom stereocenters. The number of carbonyl (C=O) groups is 1. The van der Waals surface area contributed by atoms with Crippen LogP contribution in [0.1, 0.15) is 22.3 Å². The molecule has 26 heavy (non-hydrogen) atoms. The van der Waals surface area contributed by atoms with Gasteiger partial charge < -0.3 is 9.67 Å². The average Bonchev–Trinajstić information content (AvgIpc) is 2.93. The molecule has 0 fully saturated rings. The summed E-state index contributed by atoms with van der Waals surface area (Å²) in [6, 6.07) is 9.92. The van der Waals surface area contributed by atoms with Crippen molar-refractivity contribution in [3.63, 3.8) is 0 Å². The van der Waals surface area contributed by atoms with Crippen LogP contribution in [-0.2, 0) is 6.54 Å². The fourth-order valence-corrected chi connectivity index (χ4v) is 3.72. The number of Topliss-reactive ketones (excluding diaryl/α,β-unsaturated/α-hetero) is 1. The molecule has 2 aromatic heterocycles. The van der Waals surface area contributed by atoms with Crippen molar-refractivity contribution in [2.75, 3.05) is 6.61 Å². The van der Waals surface area contributed by atoms with Crippen LogP contribution in [0.3, 0.4) is 0 Å². The lowest BCUT2D eigenvalue weighted by Gasteiger charge is -2.04. The summed E-state index contributed by atoms with van der Waals surface area (Å²) in [6.45, 7) is 3.65. The highest BCUT2D eigenvalue weighted by atomic mass is 32.1. The van der Waals surface area contributed by atoms with Gasteiger partial charge in [0, 0.05) is 24.7 Å². The molecule has 134 valence electrons. The molecule has 7 heteroatoms. The van der Waals surface area contributed by atoms with Gasteiger partial charge in [-0.25, -0.2) is 9.38 Å². The predicted molar refractivity (Wildman–Crippen MR) is 99.0 cm³/mol. The van der Waals surface area contributed by atoms with E-state index in [1.165, 1.54) is 24.3 Å². The normalized spacial score (nSPS) is 11.8. The molecule has 1 aromatic carbocycles. The summed E-state index contributed by atoms with van der Waals surface area (Å²) in [5.74, 6) is -0.362. The Balaban J connectivity index is 2.02. The molecule has 3 aromatic rings. The number of rotatable bonds is 5. The van der Waals surface area contributed by atoms with Crippen LogP contribution in [-0.4, -0.2) is 27.0 Å². The van der Waals surface area contributed by atoms with E-state index in [9.17, 15) is 14.3 Å². The summed E-state index contributed by atoms with van der Waals surface area (Å²) in [7, 11) is 0. The minimum absolute atomic E-state index is 0.0336. The molecular weight excluding hydrogens is 353 g/mol. The first-order valence-corrected chi connectivity index (χ1v) is 8.90. The van der Waals surface area contributed by atoms with Crippen LogP contribution in [0.15, 0.2) is 47.6 Å². The van der Waals surface area contributed by atoms with Crippen LogP contribution in [0.5, 0.6) is 0 Å². The van der Waals surface area contributed by atoms with Crippen LogP contribution in [0.25, 0.3) is 11.3 Å². The van der Waals surface area contributed by atoms with Crippen LogP contribution in [0, 0.1) is 12.7 Å². The Morgan fingerprint density at radius 1 is 1.31 bits per heavy atom. The Morgan fingerprint density at radius 3 is 2.69 bits per heavy atom. The Labute approximate surface area is 154 Å². The first-order valence-electron chi connectivity index (χ1n) is 8.09. The van der Waals surface area contributed by atoms with Gasteiger partial charge in [0.25, 0.3) is 0 Å². The molecule has 0 saturated carbocycles. The SMILES string of the molecule is CC(=O)c1sc(=Nc2ccc(-c3ccccc3F)nc2)n(CCO)c1C. The number of hydrogen-bond donors (Lipinski definition) is 1. The van der Waals surface area contributed by atoms with E-state index < -0.39 is 0 Å². The zero-order chi connectivity index (χ0) is 18.7. The van der Waals surface area contributed by atoms with Gasteiger partial charge in [-0.2, -0.15) is 0 Å². The van der Waals surface area contributed by atoms with Crippen molar-refractivity contribution in [2.45, 2.75) is 20.4 Å². The monoisotopic (exact) mass is 371 g/mol. The second-order valence-corrected chi connectivity index (χ2v) is 6.70. The third kappa shape index (κ3) is 3.63. The van der Waals surface area contributed by atoms with Gasteiger partial charge in [-0.05, 0) is 31.2 Å². The zero-order valence-electron chi connectivity index (χ0n) is 14.4. The third-order valence-electron chi connectivity index (χ3n) is 3.92. The lowest BCUT2D eigenvalue weighted by molar-refractivity contribution is 0.102. The molecule has 0 amide bonds. The van der Waals surface area contributed by atoms with Gasteiger partial charge in [0.05, 0.1) is 29.1 Å². The summed E-state index contributed by atoms with van der Waals surface area (Å²) in [5, 5.41) is 9.28. The van der Waals surface area contributed by atoms with Crippen molar-refractivity contribution in [2.24, 2.45) is 4.99 Å². The Morgan fingerprint density at radius 2 is 2.08 bits per heavy atom. The van der Waals surface area contributed by atoms with Crippen LogP contribution in [0.2, 0.25) is 0 Å². The summed E-state index contributed by atoms with van der Waals surface area (Å²) in [5.41, 5.74) is 2.33. The van der Waals surface area contributed by atoms with E-state index in [0.717, 1.165) is 5.69 Å². The highest BCUT2D eigenvalue weighted by Gasteiger charge is 2.13. The van der Waals surface area contributed by atoms with E-state index in [-0.39, 0.29) is 18.2 Å². The van der Waals surface area contributed by atoms with Gasteiger partial charge in [0.2, 0.25) is 0 Å². The van der Waals surface area contributed by atoms with E-state index >= 15 is 0 Å². The van der Waals surface area contributed by atoms with E-state index in [4.69, 9.17) is 0 Å². The number of pyridine rings is 1. The second kappa shape index (κ2) is 7.72. The molecule has 0 bridgehead atoms. The maximum absolute atomic E-state index is 13.9.